The molecule has 1 aliphatic heterocycles. The van der Waals surface area contributed by atoms with Crippen molar-refractivity contribution in [1.82, 2.24) is 9.97 Å². The molecule has 0 spiro atoms. The van der Waals surface area contributed by atoms with Crippen molar-refractivity contribution >= 4 is 11.8 Å². The largest absolute Gasteiger partial charge is 0.481 e. The van der Waals surface area contributed by atoms with Crippen molar-refractivity contribution in [2.75, 3.05) is 24.6 Å². The number of ether oxygens (including phenoxy) is 1. The summed E-state index contributed by atoms with van der Waals surface area (Å²) in [5, 5.41) is 9.54. The molecule has 6 nitrogen and oxygen atoms in total. The lowest BCUT2D eigenvalue weighted by atomic mass is 9.77. The fraction of sp³-hybridized carbons (Fsp3) is 0.667. The second kappa shape index (κ2) is 6.74. The summed E-state index contributed by atoms with van der Waals surface area (Å²) in [7, 11) is 0. The van der Waals surface area contributed by atoms with Crippen LogP contribution in [0.1, 0.15) is 39.5 Å². The summed E-state index contributed by atoms with van der Waals surface area (Å²) in [6.07, 6.45) is 6.36. The van der Waals surface area contributed by atoms with E-state index in [-0.39, 0.29) is 0 Å². The number of carbonyl (C=O) groups is 1. The first-order chi connectivity index (χ1) is 10.1. The number of hydrogen-bond acceptors (Lipinski definition) is 5. The average molecular weight is 293 g/mol. The quantitative estimate of drug-likeness (QED) is 0.867. The van der Waals surface area contributed by atoms with E-state index in [9.17, 15) is 9.90 Å². The maximum absolute atomic E-state index is 11.6. The van der Waals surface area contributed by atoms with E-state index in [1.54, 1.807) is 12.4 Å². The molecule has 0 aromatic carbocycles. The van der Waals surface area contributed by atoms with Gasteiger partial charge >= 0.3 is 5.97 Å². The molecule has 0 saturated carbocycles. The van der Waals surface area contributed by atoms with Crippen molar-refractivity contribution in [3.8, 4) is 5.88 Å². The minimum absolute atomic E-state index is 0.477. The van der Waals surface area contributed by atoms with Gasteiger partial charge in [0.15, 0.2) is 5.82 Å². The van der Waals surface area contributed by atoms with Gasteiger partial charge in [-0.25, -0.2) is 0 Å². The summed E-state index contributed by atoms with van der Waals surface area (Å²) < 4.78 is 5.50. The summed E-state index contributed by atoms with van der Waals surface area (Å²) in [6.45, 7) is 5.85. The zero-order valence-corrected chi connectivity index (χ0v) is 12.7. The van der Waals surface area contributed by atoms with E-state index >= 15 is 0 Å². The number of nitrogens with zero attached hydrogens (tertiary/aromatic N) is 3. The van der Waals surface area contributed by atoms with Crippen LogP contribution in [0.25, 0.3) is 0 Å². The fourth-order valence-electron chi connectivity index (χ4n) is 2.71. The van der Waals surface area contributed by atoms with E-state index in [0.29, 0.717) is 31.3 Å². The molecule has 0 amide bonds. The number of rotatable bonds is 6. The SMILES string of the molecule is CCCOc1cncc(N2CCCC(CC)(C(=O)O)C2)n1. The van der Waals surface area contributed by atoms with Crippen molar-refractivity contribution in [2.24, 2.45) is 5.41 Å². The van der Waals surface area contributed by atoms with Crippen LogP contribution < -0.4 is 9.64 Å². The second-order valence-corrected chi connectivity index (χ2v) is 5.53. The summed E-state index contributed by atoms with van der Waals surface area (Å²) in [5.41, 5.74) is -0.680. The third-order valence-electron chi connectivity index (χ3n) is 4.09. The molecule has 1 aliphatic rings. The first-order valence-corrected chi connectivity index (χ1v) is 7.54. The van der Waals surface area contributed by atoms with Crippen molar-refractivity contribution in [1.29, 1.82) is 0 Å². The van der Waals surface area contributed by atoms with Gasteiger partial charge in [-0.2, -0.15) is 4.98 Å². The highest BCUT2D eigenvalue weighted by molar-refractivity contribution is 5.75. The average Bonchev–Trinajstić information content (AvgIpc) is 2.53. The van der Waals surface area contributed by atoms with E-state index in [2.05, 4.69) is 9.97 Å². The number of aliphatic carboxylic acids is 1. The lowest BCUT2D eigenvalue weighted by Crippen LogP contribution is -2.48. The van der Waals surface area contributed by atoms with Gasteiger partial charge in [0.2, 0.25) is 5.88 Å². The highest BCUT2D eigenvalue weighted by atomic mass is 16.5. The molecular formula is C15H23N3O3. The molecule has 1 fully saturated rings. The molecule has 1 atom stereocenters. The van der Waals surface area contributed by atoms with Crippen LogP contribution in [0, 0.1) is 5.41 Å². The Morgan fingerprint density at radius 1 is 1.48 bits per heavy atom. The van der Waals surface area contributed by atoms with Crippen LogP contribution in [0.4, 0.5) is 5.82 Å². The fourth-order valence-corrected chi connectivity index (χ4v) is 2.71. The van der Waals surface area contributed by atoms with Crippen molar-refractivity contribution in [2.45, 2.75) is 39.5 Å². The zero-order valence-electron chi connectivity index (χ0n) is 12.7. The Kier molecular flexibility index (Phi) is 4.98. The number of hydrogen-bond donors (Lipinski definition) is 1. The van der Waals surface area contributed by atoms with Gasteiger partial charge in [-0.05, 0) is 25.7 Å². The Hall–Kier alpha value is -1.85. The third kappa shape index (κ3) is 3.43. The van der Waals surface area contributed by atoms with Crippen LogP contribution in [0.3, 0.4) is 0 Å². The van der Waals surface area contributed by atoms with Gasteiger partial charge in [0.05, 0.1) is 24.4 Å². The predicted molar refractivity (Wildman–Crippen MR) is 79.6 cm³/mol. The van der Waals surface area contributed by atoms with Crippen LogP contribution >= 0.6 is 0 Å². The Bertz CT molecular complexity index is 495. The van der Waals surface area contributed by atoms with Crippen LogP contribution in [-0.4, -0.2) is 40.7 Å². The first kappa shape index (κ1) is 15.5. The highest BCUT2D eigenvalue weighted by Gasteiger charge is 2.41. The topological polar surface area (TPSA) is 75.5 Å². The summed E-state index contributed by atoms with van der Waals surface area (Å²) >= 11 is 0. The minimum Gasteiger partial charge on any atom is -0.481 e. The molecule has 1 aromatic rings. The predicted octanol–water partition coefficient (Wildman–Crippen LogP) is 2.35. The Morgan fingerprint density at radius 3 is 2.95 bits per heavy atom. The molecule has 1 unspecified atom stereocenters. The smallest absolute Gasteiger partial charge is 0.311 e. The number of anilines is 1. The maximum Gasteiger partial charge on any atom is 0.311 e. The molecule has 2 heterocycles. The Labute approximate surface area is 125 Å². The number of carboxylic acids is 1. The zero-order chi connectivity index (χ0) is 15.3. The molecule has 0 bridgehead atoms. The highest BCUT2D eigenvalue weighted by Crippen LogP contribution is 2.35. The molecule has 0 aliphatic carbocycles. The van der Waals surface area contributed by atoms with Crippen molar-refractivity contribution in [3.63, 3.8) is 0 Å². The van der Waals surface area contributed by atoms with Gasteiger partial charge in [0, 0.05) is 13.1 Å². The van der Waals surface area contributed by atoms with E-state index in [1.165, 1.54) is 0 Å². The molecule has 1 N–H and O–H groups in total. The lowest BCUT2D eigenvalue weighted by molar-refractivity contribution is -0.149. The molecule has 116 valence electrons. The monoisotopic (exact) mass is 293 g/mol. The maximum atomic E-state index is 11.6. The van der Waals surface area contributed by atoms with Crippen LogP contribution in [0.5, 0.6) is 5.88 Å². The van der Waals surface area contributed by atoms with E-state index in [1.807, 2.05) is 18.7 Å². The van der Waals surface area contributed by atoms with Gasteiger partial charge in [-0.3, -0.25) is 9.78 Å². The lowest BCUT2D eigenvalue weighted by Gasteiger charge is -2.39. The molecule has 6 heteroatoms. The van der Waals surface area contributed by atoms with Gasteiger partial charge in [0.1, 0.15) is 0 Å². The molecule has 21 heavy (non-hydrogen) atoms. The van der Waals surface area contributed by atoms with Crippen LogP contribution in [-0.2, 0) is 4.79 Å². The standard InChI is InChI=1S/C15H23N3O3/c1-3-8-21-13-10-16-9-12(17-13)18-7-5-6-15(4-2,11-18)14(19)20/h9-10H,3-8,11H2,1-2H3,(H,19,20). The molecule has 2 rings (SSSR count). The second-order valence-electron chi connectivity index (χ2n) is 5.53. The van der Waals surface area contributed by atoms with Crippen molar-refractivity contribution in [3.05, 3.63) is 12.4 Å². The number of aromatic nitrogens is 2. The number of carboxylic acid groups (broad SMARTS) is 1. The summed E-state index contributed by atoms with van der Waals surface area (Å²) in [5.74, 6) is 0.473. The Balaban J connectivity index is 2.15. The van der Waals surface area contributed by atoms with E-state index < -0.39 is 11.4 Å². The molecule has 1 saturated heterocycles. The van der Waals surface area contributed by atoms with Gasteiger partial charge < -0.3 is 14.7 Å². The van der Waals surface area contributed by atoms with Crippen LogP contribution in [0.15, 0.2) is 12.4 Å². The Morgan fingerprint density at radius 2 is 2.29 bits per heavy atom. The molecular weight excluding hydrogens is 270 g/mol. The summed E-state index contributed by atoms with van der Waals surface area (Å²) in [4.78, 5) is 22.2. The molecule has 1 aromatic heterocycles. The van der Waals surface area contributed by atoms with E-state index in [4.69, 9.17) is 4.74 Å². The minimum atomic E-state index is -0.721. The van der Waals surface area contributed by atoms with Gasteiger partial charge in [0.25, 0.3) is 0 Å². The number of piperidine rings is 1. The first-order valence-electron chi connectivity index (χ1n) is 7.54. The van der Waals surface area contributed by atoms with E-state index in [0.717, 1.165) is 25.8 Å². The van der Waals surface area contributed by atoms with Crippen LogP contribution in [0.2, 0.25) is 0 Å². The molecule has 0 radical (unpaired) electrons. The van der Waals surface area contributed by atoms with Gasteiger partial charge in [-0.15, -0.1) is 0 Å². The summed E-state index contributed by atoms with van der Waals surface area (Å²) in [6, 6.07) is 0. The third-order valence-corrected chi connectivity index (χ3v) is 4.09. The normalized spacial score (nSPS) is 22.1. The van der Waals surface area contributed by atoms with Gasteiger partial charge in [-0.1, -0.05) is 13.8 Å². The van der Waals surface area contributed by atoms with Crippen molar-refractivity contribution < 1.29 is 14.6 Å².